The van der Waals surface area contributed by atoms with Crippen LogP contribution < -0.4 is 16.1 Å². The van der Waals surface area contributed by atoms with Crippen molar-refractivity contribution in [1.29, 1.82) is 0 Å². The molecule has 3 N–H and O–H groups in total. The summed E-state index contributed by atoms with van der Waals surface area (Å²) in [5, 5.41) is 6.74. The highest BCUT2D eigenvalue weighted by Crippen LogP contribution is 2.15. The number of aromatic nitrogens is 1. The van der Waals surface area contributed by atoms with Crippen molar-refractivity contribution >= 4 is 45.4 Å². The number of ketones is 1. The van der Waals surface area contributed by atoms with Crippen molar-refractivity contribution in [2.45, 2.75) is 65.5 Å². The average molecular weight is 582 g/mol. The van der Waals surface area contributed by atoms with Crippen molar-refractivity contribution in [1.82, 2.24) is 26.1 Å². The standard InChI is InChI=1S/C25H36BrN5O6/c1-15(2)10-21(33)28-9-7-22(34)31-19(6-5-8-29-31)24(35)30-23(16(3)4)20(32)14-37-25(36)17-11-18(26)13-27-12-17/h11-13,15-16,19,23,29H,5-10,14H2,1-4H3,(H,28,33)(H,30,35)/t19-,23+/m0/s1. The molecule has 0 aromatic carbocycles. The number of hydrazine groups is 1. The minimum atomic E-state index is -0.907. The molecule has 0 aliphatic carbocycles. The molecule has 1 aromatic heterocycles. The Hall–Kier alpha value is -2.86. The van der Waals surface area contributed by atoms with Gasteiger partial charge in [0.1, 0.15) is 6.04 Å². The van der Waals surface area contributed by atoms with Gasteiger partial charge in [-0.1, -0.05) is 27.7 Å². The molecule has 1 aromatic rings. The van der Waals surface area contributed by atoms with Crippen LogP contribution in [0.3, 0.4) is 0 Å². The first-order valence-electron chi connectivity index (χ1n) is 12.4. The van der Waals surface area contributed by atoms with E-state index in [9.17, 15) is 24.0 Å². The van der Waals surface area contributed by atoms with E-state index in [0.717, 1.165) is 0 Å². The van der Waals surface area contributed by atoms with Gasteiger partial charge in [0, 0.05) is 42.8 Å². The Labute approximate surface area is 225 Å². The minimum Gasteiger partial charge on any atom is -0.454 e. The van der Waals surface area contributed by atoms with Gasteiger partial charge in [0.2, 0.25) is 17.7 Å². The summed E-state index contributed by atoms with van der Waals surface area (Å²) in [6.07, 6.45) is 4.36. The van der Waals surface area contributed by atoms with Crippen molar-refractivity contribution in [3.05, 3.63) is 28.5 Å². The molecule has 0 bridgehead atoms. The van der Waals surface area contributed by atoms with E-state index >= 15 is 0 Å². The summed E-state index contributed by atoms with van der Waals surface area (Å²) in [7, 11) is 0. The van der Waals surface area contributed by atoms with Gasteiger partial charge in [0.15, 0.2) is 12.4 Å². The average Bonchev–Trinajstić information content (AvgIpc) is 2.84. The fourth-order valence-corrected chi connectivity index (χ4v) is 4.18. The number of rotatable bonds is 12. The van der Waals surface area contributed by atoms with Gasteiger partial charge in [-0.2, -0.15) is 0 Å². The normalized spacial score (nSPS) is 16.3. The van der Waals surface area contributed by atoms with E-state index < -0.39 is 36.4 Å². The van der Waals surface area contributed by atoms with Crippen LogP contribution in [0.2, 0.25) is 0 Å². The van der Waals surface area contributed by atoms with E-state index in [0.29, 0.717) is 30.3 Å². The molecule has 3 amide bonds. The maximum Gasteiger partial charge on any atom is 0.340 e. The van der Waals surface area contributed by atoms with Crippen molar-refractivity contribution in [2.75, 3.05) is 19.7 Å². The summed E-state index contributed by atoms with van der Waals surface area (Å²) in [5.74, 6) is -2.16. The maximum atomic E-state index is 13.1. The van der Waals surface area contributed by atoms with Crippen molar-refractivity contribution < 1.29 is 28.7 Å². The van der Waals surface area contributed by atoms with Gasteiger partial charge < -0.3 is 15.4 Å². The number of Topliss-reactive ketones (excluding diaryl/α,β-unsaturated/α-hetero) is 1. The quantitative estimate of drug-likeness (QED) is 0.316. The number of hydrogen-bond donors (Lipinski definition) is 3. The van der Waals surface area contributed by atoms with Crippen LogP contribution in [0.15, 0.2) is 22.9 Å². The number of hydrogen-bond acceptors (Lipinski definition) is 8. The number of nitrogens with zero attached hydrogens (tertiary/aromatic N) is 2. The van der Waals surface area contributed by atoms with Gasteiger partial charge in [-0.15, -0.1) is 0 Å². The van der Waals surface area contributed by atoms with Gasteiger partial charge in [-0.25, -0.2) is 10.2 Å². The Bertz CT molecular complexity index is 986. The molecule has 1 aliphatic heterocycles. The Morgan fingerprint density at radius 3 is 2.57 bits per heavy atom. The van der Waals surface area contributed by atoms with Crippen molar-refractivity contribution in [3.63, 3.8) is 0 Å². The first kappa shape index (κ1) is 30.4. The minimum absolute atomic E-state index is 0.0353. The molecule has 1 fully saturated rings. The fraction of sp³-hybridized carbons (Fsp3) is 0.600. The highest BCUT2D eigenvalue weighted by molar-refractivity contribution is 9.10. The van der Waals surface area contributed by atoms with Gasteiger partial charge in [-0.3, -0.25) is 29.2 Å². The van der Waals surface area contributed by atoms with Crippen LogP contribution in [0.1, 0.15) is 63.7 Å². The smallest absolute Gasteiger partial charge is 0.340 e. The predicted molar refractivity (Wildman–Crippen MR) is 139 cm³/mol. The number of carbonyl (C=O) groups excluding carboxylic acids is 5. The second-order valence-corrected chi connectivity index (χ2v) is 10.6. The summed E-state index contributed by atoms with van der Waals surface area (Å²) in [6, 6.07) is -0.189. The third-order valence-corrected chi connectivity index (χ3v) is 6.11. The third-order valence-electron chi connectivity index (χ3n) is 5.67. The number of halogens is 1. The topological polar surface area (TPSA) is 147 Å². The van der Waals surface area contributed by atoms with Crippen LogP contribution >= 0.6 is 15.9 Å². The highest BCUT2D eigenvalue weighted by atomic mass is 79.9. The number of amides is 3. The number of ether oxygens (including phenoxy) is 1. The summed E-state index contributed by atoms with van der Waals surface area (Å²) in [5.41, 5.74) is 3.15. The van der Waals surface area contributed by atoms with Crippen LogP contribution in [0.25, 0.3) is 0 Å². The SMILES string of the molecule is CC(C)CC(=O)NCCC(=O)N1NCCC[C@H]1C(=O)N[C@@H](C(=O)COC(=O)c1cncc(Br)c1)C(C)C. The Kier molecular flexibility index (Phi) is 12.1. The molecular formula is C25H36BrN5O6. The first-order chi connectivity index (χ1) is 17.5. The van der Waals surface area contributed by atoms with Gasteiger partial charge in [0.05, 0.1) is 11.6 Å². The lowest BCUT2D eigenvalue weighted by Gasteiger charge is -2.36. The highest BCUT2D eigenvalue weighted by Gasteiger charge is 2.35. The van der Waals surface area contributed by atoms with Crippen molar-refractivity contribution in [3.8, 4) is 0 Å². The summed E-state index contributed by atoms with van der Waals surface area (Å²) < 4.78 is 5.73. The van der Waals surface area contributed by atoms with Gasteiger partial charge in [-0.05, 0) is 46.7 Å². The molecule has 12 heteroatoms. The van der Waals surface area contributed by atoms with E-state index in [-0.39, 0.29) is 42.2 Å². The molecule has 2 heterocycles. The van der Waals surface area contributed by atoms with E-state index in [4.69, 9.17) is 4.74 Å². The molecule has 2 atom stereocenters. The van der Waals surface area contributed by atoms with E-state index in [1.54, 1.807) is 13.8 Å². The molecule has 11 nitrogen and oxygen atoms in total. The Morgan fingerprint density at radius 1 is 1.19 bits per heavy atom. The second kappa shape index (κ2) is 14.8. The van der Waals surface area contributed by atoms with Crippen LogP contribution in [-0.2, 0) is 23.9 Å². The Balaban J connectivity index is 1.95. The summed E-state index contributed by atoms with van der Waals surface area (Å²) in [4.78, 5) is 66.8. The zero-order chi connectivity index (χ0) is 27.5. The number of pyridine rings is 1. The number of esters is 1. The third kappa shape index (κ3) is 9.84. The number of nitrogens with one attached hydrogen (secondary N) is 3. The first-order valence-corrected chi connectivity index (χ1v) is 13.2. The van der Waals surface area contributed by atoms with Gasteiger partial charge >= 0.3 is 5.97 Å². The Morgan fingerprint density at radius 2 is 1.92 bits per heavy atom. The van der Waals surface area contributed by atoms with Crippen LogP contribution in [-0.4, -0.2) is 71.2 Å². The van der Waals surface area contributed by atoms with E-state index in [1.165, 1.54) is 23.5 Å². The monoisotopic (exact) mass is 581 g/mol. The lowest BCUT2D eigenvalue weighted by atomic mass is 9.98. The zero-order valence-electron chi connectivity index (χ0n) is 21.7. The molecule has 1 aliphatic rings. The van der Waals surface area contributed by atoms with Crippen LogP contribution in [0.5, 0.6) is 0 Å². The molecule has 0 radical (unpaired) electrons. The molecule has 204 valence electrons. The molecular weight excluding hydrogens is 546 g/mol. The zero-order valence-corrected chi connectivity index (χ0v) is 23.3. The molecule has 0 saturated carbocycles. The second-order valence-electron chi connectivity index (χ2n) is 9.69. The molecule has 37 heavy (non-hydrogen) atoms. The largest absolute Gasteiger partial charge is 0.454 e. The molecule has 1 saturated heterocycles. The number of carbonyl (C=O) groups is 5. The van der Waals surface area contributed by atoms with Gasteiger partial charge in [0.25, 0.3) is 0 Å². The molecule has 0 spiro atoms. The lowest BCUT2D eigenvalue weighted by Crippen LogP contribution is -2.61. The predicted octanol–water partition coefficient (Wildman–Crippen LogP) is 1.76. The van der Waals surface area contributed by atoms with Crippen LogP contribution in [0, 0.1) is 11.8 Å². The van der Waals surface area contributed by atoms with E-state index in [1.807, 2.05) is 13.8 Å². The molecule has 2 rings (SSSR count). The summed E-state index contributed by atoms with van der Waals surface area (Å²) >= 11 is 3.22. The molecule has 0 unspecified atom stereocenters. The maximum absolute atomic E-state index is 13.1. The van der Waals surface area contributed by atoms with E-state index in [2.05, 4.69) is 37.0 Å². The fourth-order valence-electron chi connectivity index (χ4n) is 3.82. The van der Waals surface area contributed by atoms with Crippen LogP contribution in [0.4, 0.5) is 0 Å². The summed E-state index contributed by atoms with van der Waals surface area (Å²) in [6.45, 7) is 7.59. The van der Waals surface area contributed by atoms with Crippen molar-refractivity contribution in [2.24, 2.45) is 11.8 Å². The lowest BCUT2D eigenvalue weighted by molar-refractivity contribution is -0.147.